The Morgan fingerprint density at radius 1 is 1.00 bits per heavy atom. The maximum Gasteiger partial charge on any atom is 0.336 e. The van der Waals surface area contributed by atoms with Gasteiger partial charge in [0.1, 0.15) is 6.61 Å². The number of hydrogen-bond acceptors (Lipinski definition) is 5. The zero-order valence-electron chi connectivity index (χ0n) is 18.8. The third-order valence-corrected chi connectivity index (χ3v) is 6.72. The van der Waals surface area contributed by atoms with Crippen LogP contribution < -0.4 is 5.73 Å². The number of amides is 1. The number of rotatable bonds is 7. The summed E-state index contributed by atoms with van der Waals surface area (Å²) in [6.45, 7) is 0.0319. The van der Waals surface area contributed by atoms with E-state index in [0.29, 0.717) is 15.6 Å². The van der Waals surface area contributed by atoms with Crippen LogP contribution in [0.15, 0.2) is 66.7 Å². The first-order valence-corrected chi connectivity index (χ1v) is 11.4. The van der Waals surface area contributed by atoms with E-state index in [2.05, 4.69) is 0 Å². The van der Waals surface area contributed by atoms with Crippen LogP contribution in [0.1, 0.15) is 22.6 Å². The minimum atomic E-state index is -2.06. The Balaban J connectivity index is 1.62. The van der Waals surface area contributed by atoms with Crippen LogP contribution in [-0.2, 0) is 25.6 Å². The van der Waals surface area contributed by atoms with Crippen molar-refractivity contribution in [3.63, 3.8) is 0 Å². The standard InChI is InChI=1S/C26H24Cl2N2O4/c1-30(33-2)24(31)26(29,14-16-11-12-17(27)13-23(16)28)25(32)34-15-22-20-9-5-3-7-18(20)19-8-4-6-10-21(19)22/h3-13,22H,14-15,29H2,1-2H3/t26-/m0/s1. The number of carbonyl (C=O) groups is 2. The van der Waals surface area contributed by atoms with Crippen molar-refractivity contribution in [3.8, 4) is 11.1 Å². The molecule has 0 saturated carbocycles. The van der Waals surface area contributed by atoms with Crippen molar-refractivity contribution in [3.05, 3.63) is 93.5 Å². The quantitative estimate of drug-likeness (QED) is 0.292. The van der Waals surface area contributed by atoms with E-state index < -0.39 is 17.4 Å². The molecular formula is C26H24Cl2N2O4. The summed E-state index contributed by atoms with van der Waals surface area (Å²) in [4.78, 5) is 31.5. The van der Waals surface area contributed by atoms with Crippen molar-refractivity contribution in [1.82, 2.24) is 5.06 Å². The molecule has 1 aliphatic rings. The van der Waals surface area contributed by atoms with Crippen LogP contribution in [0.2, 0.25) is 10.0 Å². The highest BCUT2D eigenvalue weighted by atomic mass is 35.5. The van der Waals surface area contributed by atoms with Gasteiger partial charge in [0.15, 0.2) is 0 Å². The van der Waals surface area contributed by atoms with Gasteiger partial charge in [-0.3, -0.25) is 9.63 Å². The minimum absolute atomic E-state index is 0.0319. The summed E-state index contributed by atoms with van der Waals surface area (Å²) in [5.74, 6) is -1.79. The summed E-state index contributed by atoms with van der Waals surface area (Å²) >= 11 is 12.3. The number of carbonyl (C=O) groups excluding carboxylic acids is 2. The van der Waals surface area contributed by atoms with Crippen LogP contribution in [0.3, 0.4) is 0 Å². The average molecular weight is 499 g/mol. The third-order valence-electron chi connectivity index (χ3n) is 6.13. The number of ether oxygens (including phenoxy) is 1. The van der Waals surface area contributed by atoms with Gasteiger partial charge in [0.25, 0.3) is 5.91 Å². The molecule has 0 aliphatic heterocycles. The van der Waals surface area contributed by atoms with Gasteiger partial charge in [-0.1, -0.05) is 77.8 Å². The van der Waals surface area contributed by atoms with Gasteiger partial charge < -0.3 is 10.5 Å². The van der Waals surface area contributed by atoms with Crippen LogP contribution in [0.25, 0.3) is 11.1 Å². The molecule has 0 spiro atoms. The molecule has 0 bridgehead atoms. The largest absolute Gasteiger partial charge is 0.463 e. The van der Waals surface area contributed by atoms with Gasteiger partial charge >= 0.3 is 5.97 Å². The molecule has 3 aromatic rings. The van der Waals surface area contributed by atoms with E-state index in [1.807, 2.05) is 48.5 Å². The van der Waals surface area contributed by atoms with Crippen LogP contribution in [0, 0.1) is 0 Å². The SMILES string of the molecule is CON(C)C(=O)[C@@](N)(Cc1ccc(Cl)cc1Cl)C(=O)OCC1c2ccccc2-c2ccccc21. The molecule has 0 heterocycles. The first-order chi connectivity index (χ1) is 16.3. The number of hydroxylamine groups is 2. The Labute approximate surface area is 208 Å². The number of nitrogens with zero attached hydrogens (tertiary/aromatic N) is 1. The van der Waals surface area contributed by atoms with Crippen molar-refractivity contribution in [1.29, 1.82) is 0 Å². The Bertz CT molecular complexity index is 1200. The van der Waals surface area contributed by atoms with Gasteiger partial charge in [-0.25, -0.2) is 9.86 Å². The summed E-state index contributed by atoms with van der Waals surface area (Å²) in [7, 11) is 2.69. The summed E-state index contributed by atoms with van der Waals surface area (Å²) in [6, 6.07) is 20.7. The molecule has 1 aliphatic carbocycles. The summed E-state index contributed by atoms with van der Waals surface area (Å²) < 4.78 is 5.72. The lowest BCUT2D eigenvalue weighted by Gasteiger charge is -2.30. The number of fused-ring (bicyclic) bond motifs is 3. The molecule has 0 radical (unpaired) electrons. The van der Waals surface area contributed by atoms with Crippen molar-refractivity contribution in [2.24, 2.45) is 5.73 Å². The summed E-state index contributed by atoms with van der Waals surface area (Å²) in [5.41, 5.74) is 9.18. The average Bonchev–Trinajstić information content (AvgIpc) is 3.16. The van der Waals surface area contributed by atoms with Crippen molar-refractivity contribution >= 4 is 35.1 Å². The maximum absolute atomic E-state index is 13.4. The van der Waals surface area contributed by atoms with E-state index in [-0.39, 0.29) is 18.9 Å². The second kappa shape index (κ2) is 9.76. The number of esters is 1. The lowest BCUT2D eigenvalue weighted by molar-refractivity contribution is -0.181. The van der Waals surface area contributed by atoms with E-state index in [9.17, 15) is 9.59 Å². The molecule has 1 amide bonds. The Hall–Kier alpha value is -2.90. The molecule has 34 heavy (non-hydrogen) atoms. The first kappa shape index (κ1) is 24.2. The normalized spacial score (nSPS) is 14.1. The smallest absolute Gasteiger partial charge is 0.336 e. The zero-order chi connectivity index (χ0) is 24.5. The monoisotopic (exact) mass is 498 g/mol. The molecule has 0 fully saturated rings. The summed E-state index contributed by atoms with van der Waals surface area (Å²) in [6.07, 6.45) is -0.188. The van der Waals surface area contributed by atoms with E-state index in [4.69, 9.17) is 38.5 Å². The minimum Gasteiger partial charge on any atom is -0.463 e. The molecule has 0 aromatic heterocycles. The lowest BCUT2D eigenvalue weighted by Crippen LogP contribution is -2.61. The van der Waals surface area contributed by atoms with Crippen molar-refractivity contribution in [2.75, 3.05) is 20.8 Å². The number of nitrogens with two attached hydrogens (primary N) is 1. The lowest BCUT2D eigenvalue weighted by atomic mass is 9.90. The van der Waals surface area contributed by atoms with E-state index >= 15 is 0 Å². The highest BCUT2D eigenvalue weighted by Crippen LogP contribution is 2.44. The second-order valence-corrected chi connectivity index (χ2v) is 9.04. The zero-order valence-corrected chi connectivity index (χ0v) is 20.3. The highest BCUT2D eigenvalue weighted by Gasteiger charge is 2.47. The van der Waals surface area contributed by atoms with Crippen LogP contribution in [0.5, 0.6) is 0 Å². The molecule has 4 rings (SSSR count). The number of halogens is 2. The number of likely N-dealkylation sites (N-methyl/N-ethyl adjacent to an activating group) is 1. The molecule has 0 unspecified atom stereocenters. The predicted molar refractivity (Wildman–Crippen MR) is 132 cm³/mol. The van der Waals surface area contributed by atoms with Crippen molar-refractivity contribution < 1.29 is 19.2 Å². The maximum atomic E-state index is 13.4. The van der Waals surface area contributed by atoms with Crippen LogP contribution >= 0.6 is 23.2 Å². The highest BCUT2D eigenvalue weighted by molar-refractivity contribution is 6.35. The van der Waals surface area contributed by atoms with Crippen molar-refractivity contribution in [2.45, 2.75) is 17.9 Å². The van der Waals surface area contributed by atoms with Crippen LogP contribution in [-0.4, -0.2) is 43.2 Å². The molecule has 1 atom stereocenters. The van der Waals surface area contributed by atoms with Gasteiger partial charge in [-0.2, -0.15) is 0 Å². The van der Waals surface area contributed by atoms with E-state index in [0.717, 1.165) is 27.3 Å². The molecule has 176 valence electrons. The molecular weight excluding hydrogens is 475 g/mol. The van der Waals surface area contributed by atoms with Gasteiger partial charge in [0, 0.05) is 29.4 Å². The van der Waals surface area contributed by atoms with Gasteiger partial charge in [-0.05, 0) is 39.9 Å². The molecule has 2 N–H and O–H groups in total. The topological polar surface area (TPSA) is 81.9 Å². The summed E-state index contributed by atoms with van der Waals surface area (Å²) in [5, 5.41) is 1.63. The molecule has 6 nitrogen and oxygen atoms in total. The second-order valence-electron chi connectivity index (χ2n) is 8.19. The number of benzene rings is 3. The van der Waals surface area contributed by atoms with E-state index in [1.165, 1.54) is 20.2 Å². The predicted octanol–water partition coefficient (Wildman–Crippen LogP) is 4.61. The fourth-order valence-electron chi connectivity index (χ4n) is 4.29. The van der Waals surface area contributed by atoms with E-state index in [1.54, 1.807) is 12.1 Å². The third kappa shape index (κ3) is 4.42. The molecule has 0 saturated heterocycles. The fraction of sp³-hybridized carbons (Fsp3) is 0.231. The Morgan fingerprint density at radius 3 is 2.15 bits per heavy atom. The Morgan fingerprint density at radius 2 is 1.59 bits per heavy atom. The molecule has 8 heteroatoms. The van der Waals surface area contributed by atoms with Crippen LogP contribution in [0.4, 0.5) is 0 Å². The fourth-order valence-corrected chi connectivity index (χ4v) is 4.77. The first-order valence-electron chi connectivity index (χ1n) is 10.7. The molecule has 3 aromatic carbocycles. The van der Waals surface area contributed by atoms with Gasteiger partial charge in [0.05, 0.1) is 7.11 Å². The number of hydrogen-bond donors (Lipinski definition) is 1. The Kier molecular flexibility index (Phi) is 6.96. The van der Waals surface area contributed by atoms with Gasteiger partial charge in [-0.15, -0.1) is 0 Å². The van der Waals surface area contributed by atoms with Gasteiger partial charge in [0.2, 0.25) is 5.54 Å².